The minimum absolute atomic E-state index is 0.657. The van der Waals surface area contributed by atoms with E-state index < -0.39 is 0 Å². The van der Waals surface area contributed by atoms with Crippen molar-refractivity contribution in [2.45, 2.75) is 38.8 Å². The molecule has 0 amide bonds. The Labute approximate surface area is 108 Å². The molecule has 2 aliphatic rings. The van der Waals surface area contributed by atoms with Crippen molar-refractivity contribution in [3.05, 3.63) is 23.8 Å². The molecule has 0 saturated heterocycles. The number of ether oxygens (including phenoxy) is 2. The molecule has 2 atom stereocenters. The zero-order valence-electron chi connectivity index (χ0n) is 10.9. The summed E-state index contributed by atoms with van der Waals surface area (Å²) < 4.78 is 11.3. The summed E-state index contributed by atoms with van der Waals surface area (Å²) in [4.78, 5) is 0. The lowest BCUT2D eigenvalue weighted by Crippen LogP contribution is -2.26. The van der Waals surface area contributed by atoms with Gasteiger partial charge >= 0.3 is 0 Å². The first-order chi connectivity index (χ1) is 8.83. The Balaban J connectivity index is 1.65. The molecular weight excluding hydrogens is 226 g/mol. The maximum absolute atomic E-state index is 5.73. The lowest BCUT2D eigenvalue weighted by atomic mass is 10.1. The van der Waals surface area contributed by atoms with E-state index in [9.17, 15) is 0 Å². The summed E-state index contributed by atoms with van der Waals surface area (Å²) in [6, 6.07) is 6.82. The molecule has 0 bridgehead atoms. The molecule has 98 valence electrons. The van der Waals surface area contributed by atoms with Gasteiger partial charge in [-0.15, -0.1) is 0 Å². The van der Waals surface area contributed by atoms with Crippen LogP contribution in [0.3, 0.4) is 0 Å². The Hall–Kier alpha value is -1.22. The summed E-state index contributed by atoms with van der Waals surface area (Å²) in [6.07, 6.45) is 3.95. The van der Waals surface area contributed by atoms with Gasteiger partial charge < -0.3 is 14.8 Å². The van der Waals surface area contributed by atoms with Crippen molar-refractivity contribution >= 4 is 0 Å². The van der Waals surface area contributed by atoms with E-state index in [1.54, 1.807) is 0 Å². The van der Waals surface area contributed by atoms with E-state index in [1.165, 1.54) is 24.8 Å². The first-order valence-corrected chi connectivity index (χ1v) is 6.94. The van der Waals surface area contributed by atoms with E-state index in [0.717, 1.165) is 24.0 Å². The second-order valence-corrected chi connectivity index (χ2v) is 5.44. The molecule has 1 aromatic carbocycles. The third-order valence-electron chi connectivity index (χ3n) is 3.92. The molecule has 1 N–H and O–H groups in total. The number of fused-ring (bicyclic) bond motifs is 1. The lowest BCUT2D eigenvalue weighted by Gasteiger charge is -2.22. The van der Waals surface area contributed by atoms with Gasteiger partial charge in [-0.05, 0) is 31.2 Å². The quantitative estimate of drug-likeness (QED) is 0.891. The molecule has 18 heavy (non-hydrogen) atoms. The molecule has 2 unspecified atom stereocenters. The van der Waals surface area contributed by atoms with Crippen LogP contribution in [0.2, 0.25) is 0 Å². The number of hydrogen-bond acceptors (Lipinski definition) is 3. The Kier molecular flexibility index (Phi) is 3.41. The molecule has 3 heteroatoms. The minimum atomic E-state index is 0.657. The summed E-state index contributed by atoms with van der Waals surface area (Å²) in [5.41, 5.74) is 1.21. The molecule has 3 rings (SSSR count). The summed E-state index contributed by atoms with van der Waals surface area (Å²) in [5, 5.41) is 3.64. The fourth-order valence-corrected chi connectivity index (χ4v) is 2.92. The second kappa shape index (κ2) is 5.19. The zero-order chi connectivity index (χ0) is 12.4. The Bertz CT molecular complexity index is 419. The number of para-hydroxylation sites is 1. The Morgan fingerprint density at radius 1 is 1.22 bits per heavy atom. The third kappa shape index (κ3) is 2.46. The molecule has 1 aliphatic heterocycles. The first-order valence-electron chi connectivity index (χ1n) is 6.94. The van der Waals surface area contributed by atoms with Gasteiger partial charge in [0.1, 0.15) is 13.2 Å². The van der Waals surface area contributed by atoms with Crippen LogP contribution in [0, 0.1) is 5.92 Å². The van der Waals surface area contributed by atoms with Gasteiger partial charge in [-0.25, -0.2) is 0 Å². The van der Waals surface area contributed by atoms with Gasteiger partial charge in [0.15, 0.2) is 11.5 Å². The van der Waals surface area contributed by atoms with Crippen molar-refractivity contribution in [2.75, 3.05) is 13.2 Å². The van der Waals surface area contributed by atoms with E-state index in [2.05, 4.69) is 18.3 Å². The van der Waals surface area contributed by atoms with Crippen LogP contribution >= 0.6 is 0 Å². The number of hydrogen-bond donors (Lipinski definition) is 1. The van der Waals surface area contributed by atoms with Crippen molar-refractivity contribution in [3.8, 4) is 11.5 Å². The maximum Gasteiger partial charge on any atom is 0.165 e. The van der Waals surface area contributed by atoms with E-state index in [-0.39, 0.29) is 0 Å². The summed E-state index contributed by atoms with van der Waals surface area (Å²) >= 11 is 0. The maximum atomic E-state index is 5.73. The predicted octanol–water partition coefficient (Wildman–Crippen LogP) is 2.74. The highest BCUT2D eigenvalue weighted by Crippen LogP contribution is 2.34. The van der Waals surface area contributed by atoms with E-state index >= 15 is 0 Å². The molecule has 1 fully saturated rings. The van der Waals surface area contributed by atoms with Crippen LogP contribution in [0.5, 0.6) is 11.5 Å². The largest absolute Gasteiger partial charge is 0.486 e. The lowest BCUT2D eigenvalue weighted by molar-refractivity contribution is 0.169. The molecule has 1 saturated carbocycles. The van der Waals surface area contributed by atoms with E-state index in [0.29, 0.717) is 19.3 Å². The van der Waals surface area contributed by atoms with Crippen LogP contribution in [-0.4, -0.2) is 19.3 Å². The molecule has 0 aromatic heterocycles. The fourth-order valence-electron chi connectivity index (χ4n) is 2.92. The highest BCUT2D eigenvalue weighted by atomic mass is 16.6. The number of benzene rings is 1. The van der Waals surface area contributed by atoms with Gasteiger partial charge in [0.2, 0.25) is 0 Å². The van der Waals surface area contributed by atoms with Crippen molar-refractivity contribution in [3.63, 3.8) is 0 Å². The van der Waals surface area contributed by atoms with Crippen molar-refractivity contribution < 1.29 is 9.47 Å². The normalized spacial score (nSPS) is 26.3. The first kappa shape index (κ1) is 11.8. The predicted molar refractivity (Wildman–Crippen MR) is 71.1 cm³/mol. The standard InChI is InChI=1S/C15H21NO2/c1-11-5-6-13(9-11)16-10-12-3-2-4-14-15(12)18-8-7-17-14/h2-4,11,13,16H,5-10H2,1H3. The molecule has 1 heterocycles. The smallest absolute Gasteiger partial charge is 0.165 e. The van der Waals surface area contributed by atoms with Gasteiger partial charge in [0.25, 0.3) is 0 Å². The summed E-state index contributed by atoms with van der Waals surface area (Å²) in [6.45, 7) is 4.53. The number of nitrogens with one attached hydrogen (secondary N) is 1. The minimum Gasteiger partial charge on any atom is -0.486 e. The van der Waals surface area contributed by atoms with Gasteiger partial charge in [0.05, 0.1) is 0 Å². The molecule has 1 aromatic rings. The van der Waals surface area contributed by atoms with Gasteiger partial charge in [-0.2, -0.15) is 0 Å². The summed E-state index contributed by atoms with van der Waals surface area (Å²) in [7, 11) is 0. The Morgan fingerprint density at radius 3 is 2.94 bits per heavy atom. The zero-order valence-corrected chi connectivity index (χ0v) is 10.9. The second-order valence-electron chi connectivity index (χ2n) is 5.44. The van der Waals surface area contributed by atoms with E-state index in [4.69, 9.17) is 9.47 Å². The molecule has 3 nitrogen and oxygen atoms in total. The topological polar surface area (TPSA) is 30.5 Å². The van der Waals surface area contributed by atoms with Gasteiger partial charge in [-0.3, -0.25) is 0 Å². The van der Waals surface area contributed by atoms with Crippen molar-refractivity contribution in [1.82, 2.24) is 5.32 Å². The highest BCUT2D eigenvalue weighted by Gasteiger charge is 2.22. The Morgan fingerprint density at radius 2 is 2.11 bits per heavy atom. The van der Waals surface area contributed by atoms with Crippen LogP contribution in [-0.2, 0) is 6.54 Å². The van der Waals surface area contributed by atoms with Gasteiger partial charge in [-0.1, -0.05) is 19.1 Å². The summed E-state index contributed by atoms with van der Waals surface area (Å²) in [5.74, 6) is 2.69. The fraction of sp³-hybridized carbons (Fsp3) is 0.600. The SMILES string of the molecule is CC1CCC(NCc2cccc3c2OCCO3)C1. The van der Waals surface area contributed by atoms with Crippen molar-refractivity contribution in [2.24, 2.45) is 5.92 Å². The van der Waals surface area contributed by atoms with Crippen molar-refractivity contribution in [1.29, 1.82) is 0 Å². The van der Waals surface area contributed by atoms with Crippen LogP contribution < -0.4 is 14.8 Å². The van der Waals surface area contributed by atoms with Crippen LogP contribution in [0.1, 0.15) is 31.7 Å². The average Bonchev–Trinajstić information content (AvgIpc) is 2.82. The third-order valence-corrected chi connectivity index (χ3v) is 3.92. The van der Waals surface area contributed by atoms with E-state index in [1.807, 2.05) is 12.1 Å². The molecule has 0 spiro atoms. The average molecular weight is 247 g/mol. The highest BCUT2D eigenvalue weighted by molar-refractivity contribution is 5.47. The van der Waals surface area contributed by atoms with Crippen LogP contribution in [0.15, 0.2) is 18.2 Å². The monoisotopic (exact) mass is 247 g/mol. The molecule has 0 radical (unpaired) electrons. The van der Waals surface area contributed by atoms with Crippen LogP contribution in [0.25, 0.3) is 0 Å². The van der Waals surface area contributed by atoms with Gasteiger partial charge in [0, 0.05) is 18.2 Å². The van der Waals surface area contributed by atoms with Crippen LogP contribution in [0.4, 0.5) is 0 Å². The number of rotatable bonds is 3. The molecule has 1 aliphatic carbocycles. The molecular formula is C15H21NO2.